The highest BCUT2D eigenvalue weighted by Crippen LogP contribution is 2.51. The lowest BCUT2D eigenvalue weighted by atomic mass is 9.69. The summed E-state index contributed by atoms with van der Waals surface area (Å²) in [7, 11) is 0. The van der Waals surface area contributed by atoms with Crippen LogP contribution in [0.15, 0.2) is 18.2 Å². The zero-order valence-electron chi connectivity index (χ0n) is 10.4. The smallest absolute Gasteiger partial charge is 0.0450 e. The van der Waals surface area contributed by atoms with Gasteiger partial charge in [-0.1, -0.05) is 40.7 Å². The molecule has 0 saturated heterocycles. The fourth-order valence-electron chi connectivity index (χ4n) is 2.89. The van der Waals surface area contributed by atoms with Crippen molar-refractivity contribution in [3.63, 3.8) is 0 Å². The third-order valence-electron chi connectivity index (χ3n) is 3.46. The molecule has 2 heterocycles. The normalized spacial score (nSPS) is 24.9. The van der Waals surface area contributed by atoms with E-state index in [1.165, 1.54) is 11.4 Å². The van der Waals surface area contributed by atoms with Gasteiger partial charge in [0.25, 0.3) is 0 Å². The Morgan fingerprint density at radius 2 is 1.73 bits per heavy atom. The van der Waals surface area contributed by atoms with Gasteiger partial charge in [-0.05, 0) is 23.5 Å². The molecule has 15 heavy (non-hydrogen) atoms. The Bertz CT molecular complexity index is 360. The topological polar surface area (TPSA) is 12.9 Å². The minimum Gasteiger partial charge on any atom is -0.257 e. The molecule has 1 heteroatoms. The lowest BCUT2D eigenvalue weighted by Gasteiger charge is -2.33. The van der Waals surface area contributed by atoms with E-state index in [1.54, 1.807) is 0 Å². The quantitative estimate of drug-likeness (QED) is 0.673. The molecule has 0 aromatic carbocycles. The second-order valence-corrected chi connectivity index (χ2v) is 6.10. The van der Waals surface area contributed by atoms with Crippen LogP contribution in [0.1, 0.15) is 57.8 Å². The van der Waals surface area contributed by atoms with E-state index in [0.717, 1.165) is 0 Å². The van der Waals surface area contributed by atoms with Crippen LogP contribution in [0.25, 0.3) is 0 Å². The van der Waals surface area contributed by atoms with E-state index in [4.69, 9.17) is 4.98 Å². The van der Waals surface area contributed by atoms with Gasteiger partial charge in [-0.2, -0.15) is 0 Å². The summed E-state index contributed by atoms with van der Waals surface area (Å²) in [6.45, 7) is 11.6. The Hall–Kier alpha value is -0.850. The van der Waals surface area contributed by atoms with Crippen LogP contribution in [-0.2, 0) is 0 Å². The third kappa shape index (κ3) is 1.68. The van der Waals surface area contributed by atoms with Crippen LogP contribution in [0.5, 0.6) is 0 Å². The van der Waals surface area contributed by atoms with Crippen molar-refractivity contribution in [3.8, 4) is 0 Å². The van der Waals surface area contributed by atoms with Gasteiger partial charge >= 0.3 is 0 Å². The van der Waals surface area contributed by atoms with Crippen molar-refractivity contribution in [1.29, 1.82) is 0 Å². The molecule has 1 nitrogen and oxygen atoms in total. The van der Waals surface area contributed by atoms with E-state index in [9.17, 15) is 0 Å². The minimum absolute atomic E-state index is 0.304. The van der Waals surface area contributed by atoms with Gasteiger partial charge in [0.2, 0.25) is 0 Å². The number of pyridine rings is 1. The van der Waals surface area contributed by atoms with Crippen LogP contribution < -0.4 is 0 Å². The molecule has 0 radical (unpaired) electrons. The van der Waals surface area contributed by atoms with Crippen molar-refractivity contribution in [1.82, 2.24) is 4.98 Å². The SMILES string of the molecule is CC(C)C1c2cccc(n2)C1C(C)(C)C. The summed E-state index contributed by atoms with van der Waals surface area (Å²) < 4.78 is 0. The molecule has 0 amide bonds. The molecule has 1 aliphatic heterocycles. The van der Waals surface area contributed by atoms with Crippen LogP contribution in [0, 0.1) is 11.3 Å². The fraction of sp³-hybridized carbons (Fsp3) is 0.643. The second-order valence-electron chi connectivity index (χ2n) is 6.10. The predicted molar refractivity (Wildman–Crippen MR) is 64.0 cm³/mol. The summed E-state index contributed by atoms with van der Waals surface area (Å²) >= 11 is 0. The first-order chi connectivity index (χ1) is 6.91. The Balaban J connectivity index is 2.45. The Labute approximate surface area is 92.9 Å². The van der Waals surface area contributed by atoms with Crippen molar-refractivity contribution in [2.24, 2.45) is 11.3 Å². The van der Waals surface area contributed by atoms with E-state index >= 15 is 0 Å². The molecule has 2 unspecified atom stereocenters. The molecule has 0 N–H and O–H groups in total. The standard InChI is InChI=1S/C14H21N/c1-9(2)12-10-7-6-8-11(15-10)13(12)14(3,4)5/h6-9,12-13H,1-5H3. The highest BCUT2D eigenvalue weighted by molar-refractivity contribution is 5.31. The van der Waals surface area contributed by atoms with Gasteiger partial charge in [0.05, 0.1) is 0 Å². The maximum absolute atomic E-state index is 4.74. The highest BCUT2D eigenvalue weighted by Gasteiger charge is 2.41. The van der Waals surface area contributed by atoms with E-state index in [1.807, 2.05) is 0 Å². The lowest BCUT2D eigenvalue weighted by molar-refractivity contribution is 0.255. The van der Waals surface area contributed by atoms with Crippen molar-refractivity contribution >= 4 is 0 Å². The van der Waals surface area contributed by atoms with Crippen LogP contribution in [-0.4, -0.2) is 4.98 Å². The number of hydrogen-bond donors (Lipinski definition) is 0. The zero-order valence-corrected chi connectivity index (χ0v) is 10.4. The van der Waals surface area contributed by atoms with Gasteiger partial charge in [0.1, 0.15) is 0 Å². The van der Waals surface area contributed by atoms with E-state index in [2.05, 4.69) is 52.8 Å². The fourth-order valence-corrected chi connectivity index (χ4v) is 2.89. The van der Waals surface area contributed by atoms with E-state index < -0.39 is 0 Å². The van der Waals surface area contributed by atoms with E-state index in [0.29, 0.717) is 23.2 Å². The minimum atomic E-state index is 0.304. The molecule has 2 rings (SSSR count). The molecule has 2 bridgehead atoms. The largest absolute Gasteiger partial charge is 0.257 e. The van der Waals surface area contributed by atoms with Gasteiger partial charge < -0.3 is 0 Å². The molecule has 0 fully saturated rings. The molecule has 0 aliphatic carbocycles. The number of nitrogens with zero attached hydrogens (tertiary/aromatic N) is 1. The first kappa shape index (κ1) is 10.7. The van der Waals surface area contributed by atoms with Gasteiger partial charge in [-0.25, -0.2) is 0 Å². The molecular formula is C14H21N. The molecule has 82 valence electrons. The molecular weight excluding hydrogens is 182 g/mol. The maximum atomic E-state index is 4.74. The van der Waals surface area contributed by atoms with Crippen molar-refractivity contribution < 1.29 is 0 Å². The molecule has 0 saturated carbocycles. The van der Waals surface area contributed by atoms with Crippen LogP contribution in [0.4, 0.5) is 0 Å². The molecule has 0 spiro atoms. The number of fused-ring (bicyclic) bond motifs is 2. The predicted octanol–water partition coefficient (Wildman–Crippen LogP) is 3.96. The maximum Gasteiger partial charge on any atom is 0.0450 e. The Morgan fingerprint density at radius 3 is 2.27 bits per heavy atom. The Morgan fingerprint density at radius 1 is 1.13 bits per heavy atom. The summed E-state index contributed by atoms with van der Waals surface area (Å²) in [5.41, 5.74) is 2.89. The van der Waals surface area contributed by atoms with Crippen LogP contribution in [0.2, 0.25) is 0 Å². The third-order valence-corrected chi connectivity index (χ3v) is 3.46. The van der Waals surface area contributed by atoms with Crippen LogP contribution in [0.3, 0.4) is 0 Å². The van der Waals surface area contributed by atoms with Gasteiger partial charge in [0.15, 0.2) is 0 Å². The Kier molecular flexibility index (Phi) is 2.37. The number of rotatable bonds is 1. The average Bonchev–Trinajstić information content (AvgIpc) is 2.36. The monoisotopic (exact) mass is 203 g/mol. The summed E-state index contributed by atoms with van der Waals surface area (Å²) in [6.07, 6.45) is 0. The molecule has 1 aliphatic rings. The molecule has 2 atom stereocenters. The highest BCUT2D eigenvalue weighted by atomic mass is 14.8. The second kappa shape index (κ2) is 3.33. The summed E-state index contributed by atoms with van der Waals surface area (Å²) in [6, 6.07) is 6.51. The van der Waals surface area contributed by atoms with Gasteiger partial charge in [-0.3, -0.25) is 4.98 Å². The van der Waals surface area contributed by atoms with Crippen molar-refractivity contribution in [3.05, 3.63) is 29.6 Å². The summed E-state index contributed by atoms with van der Waals surface area (Å²) in [5.74, 6) is 1.86. The molecule has 1 aromatic rings. The lowest BCUT2D eigenvalue weighted by Crippen LogP contribution is -2.24. The summed E-state index contributed by atoms with van der Waals surface area (Å²) in [4.78, 5) is 4.74. The van der Waals surface area contributed by atoms with Gasteiger partial charge in [-0.15, -0.1) is 0 Å². The van der Waals surface area contributed by atoms with Gasteiger partial charge in [0, 0.05) is 23.2 Å². The van der Waals surface area contributed by atoms with Crippen LogP contribution >= 0.6 is 0 Å². The van der Waals surface area contributed by atoms with Crippen molar-refractivity contribution in [2.45, 2.75) is 46.5 Å². The molecule has 1 aromatic heterocycles. The number of aromatic nitrogens is 1. The van der Waals surface area contributed by atoms with E-state index in [-0.39, 0.29) is 0 Å². The van der Waals surface area contributed by atoms with Crippen molar-refractivity contribution in [2.75, 3.05) is 0 Å². The average molecular weight is 203 g/mol. The number of hydrogen-bond acceptors (Lipinski definition) is 1. The summed E-state index contributed by atoms with van der Waals surface area (Å²) in [5, 5.41) is 0. The first-order valence-electron chi connectivity index (χ1n) is 5.88. The first-order valence-corrected chi connectivity index (χ1v) is 5.88. The zero-order chi connectivity index (χ0) is 11.2.